The van der Waals surface area contributed by atoms with Gasteiger partial charge >= 0.3 is 11.7 Å². The van der Waals surface area contributed by atoms with E-state index in [4.69, 9.17) is 27.9 Å². The van der Waals surface area contributed by atoms with Crippen LogP contribution >= 0.6 is 35.0 Å². The SMILES string of the molecule is N#Cc1nn(-c2c(Cl)cc(C(F)(F)F)cc2Cl)c(NC(=O)COc2ccccc2)c1SC(F)(F)F. The summed E-state index contributed by atoms with van der Waals surface area (Å²) >= 11 is 11.2. The van der Waals surface area contributed by atoms with Gasteiger partial charge in [-0.1, -0.05) is 41.4 Å². The number of anilines is 1. The maximum absolute atomic E-state index is 13.2. The molecule has 3 aromatic rings. The lowest BCUT2D eigenvalue weighted by Gasteiger charge is -2.16. The van der Waals surface area contributed by atoms with Crippen LogP contribution in [0, 0.1) is 11.3 Å². The van der Waals surface area contributed by atoms with E-state index in [0.29, 0.717) is 16.8 Å². The van der Waals surface area contributed by atoms with E-state index >= 15 is 0 Å². The average Bonchev–Trinajstić information content (AvgIpc) is 3.07. The molecule has 184 valence electrons. The van der Waals surface area contributed by atoms with Gasteiger partial charge in [-0.15, -0.1) is 0 Å². The minimum absolute atomic E-state index is 0.285. The zero-order valence-corrected chi connectivity index (χ0v) is 19.2. The standard InChI is InChI=1S/C20H10Cl2F6N4O2S/c21-12-6-10(19(23,24)25)7-13(22)16(12)32-18(17(14(8-29)31-32)35-20(26,27)28)30-15(33)9-34-11-4-2-1-3-5-11/h1-7H,9H2,(H,30,33). The van der Waals surface area contributed by atoms with Crippen LogP contribution in [0.2, 0.25) is 10.0 Å². The van der Waals surface area contributed by atoms with Crippen molar-refractivity contribution < 1.29 is 35.9 Å². The number of hydrogen-bond donors (Lipinski definition) is 1. The maximum Gasteiger partial charge on any atom is 0.446 e. The van der Waals surface area contributed by atoms with Crippen LogP contribution in [0.3, 0.4) is 0 Å². The van der Waals surface area contributed by atoms with Crippen molar-refractivity contribution in [1.29, 1.82) is 5.26 Å². The molecule has 0 atom stereocenters. The number of hydrogen-bond acceptors (Lipinski definition) is 5. The van der Waals surface area contributed by atoms with E-state index in [0.717, 1.165) is 0 Å². The summed E-state index contributed by atoms with van der Waals surface area (Å²) in [4.78, 5) is 11.7. The third-order valence-electron chi connectivity index (χ3n) is 4.09. The summed E-state index contributed by atoms with van der Waals surface area (Å²) in [5.41, 5.74) is -7.40. The Morgan fingerprint density at radius 3 is 2.23 bits per heavy atom. The largest absolute Gasteiger partial charge is 0.484 e. The fourth-order valence-electron chi connectivity index (χ4n) is 2.73. The van der Waals surface area contributed by atoms with Gasteiger partial charge in [0, 0.05) is 0 Å². The molecule has 0 saturated heterocycles. The summed E-state index contributed by atoms with van der Waals surface area (Å²) in [5.74, 6) is -1.36. The lowest BCUT2D eigenvalue weighted by atomic mass is 10.2. The van der Waals surface area contributed by atoms with E-state index in [1.807, 2.05) is 0 Å². The summed E-state index contributed by atoms with van der Waals surface area (Å²) in [7, 11) is 0. The minimum atomic E-state index is -4.91. The lowest BCUT2D eigenvalue weighted by molar-refractivity contribution is -0.137. The molecule has 0 aliphatic rings. The van der Waals surface area contributed by atoms with Gasteiger partial charge < -0.3 is 10.1 Å². The van der Waals surface area contributed by atoms with Crippen molar-refractivity contribution in [2.75, 3.05) is 11.9 Å². The van der Waals surface area contributed by atoms with Crippen molar-refractivity contribution in [3.05, 3.63) is 63.8 Å². The second-order valence-corrected chi connectivity index (χ2v) is 8.42. The smallest absolute Gasteiger partial charge is 0.446 e. The normalized spacial score (nSPS) is 11.7. The summed E-state index contributed by atoms with van der Waals surface area (Å²) in [5, 5.41) is 13.9. The molecule has 2 aromatic carbocycles. The molecule has 0 fully saturated rings. The molecule has 15 heteroatoms. The Morgan fingerprint density at radius 1 is 1.11 bits per heavy atom. The van der Waals surface area contributed by atoms with Gasteiger partial charge in [-0.05, 0) is 36.0 Å². The number of carbonyl (C=O) groups excluding carboxylic acids is 1. The molecule has 1 aromatic heterocycles. The van der Waals surface area contributed by atoms with Crippen molar-refractivity contribution in [3.63, 3.8) is 0 Å². The minimum Gasteiger partial charge on any atom is -0.484 e. The number of benzene rings is 2. The van der Waals surface area contributed by atoms with Gasteiger partial charge in [0.15, 0.2) is 18.1 Å². The number of ether oxygens (including phenoxy) is 1. The Labute approximate surface area is 207 Å². The van der Waals surface area contributed by atoms with Gasteiger partial charge in [-0.2, -0.15) is 36.7 Å². The van der Waals surface area contributed by atoms with E-state index in [2.05, 4.69) is 10.4 Å². The van der Waals surface area contributed by atoms with E-state index in [1.54, 1.807) is 18.2 Å². The van der Waals surface area contributed by atoms with Crippen molar-refractivity contribution >= 4 is 46.7 Å². The first kappa shape index (κ1) is 26.5. The topological polar surface area (TPSA) is 79.9 Å². The van der Waals surface area contributed by atoms with Gasteiger partial charge in [-0.3, -0.25) is 4.79 Å². The lowest BCUT2D eigenvalue weighted by Crippen LogP contribution is -2.22. The van der Waals surface area contributed by atoms with Gasteiger partial charge in [-0.25, -0.2) is 4.68 Å². The molecule has 0 saturated carbocycles. The second kappa shape index (κ2) is 10.3. The quantitative estimate of drug-likeness (QED) is 0.271. The first-order valence-electron chi connectivity index (χ1n) is 9.13. The van der Waals surface area contributed by atoms with Crippen LogP contribution in [0.5, 0.6) is 5.75 Å². The van der Waals surface area contributed by atoms with E-state index in [1.165, 1.54) is 18.2 Å². The molecule has 0 aliphatic carbocycles. The first-order valence-corrected chi connectivity index (χ1v) is 10.7. The Morgan fingerprint density at radius 2 is 1.71 bits per heavy atom. The number of nitrogens with one attached hydrogen (secondary N) is 1. The fraction of sp³-hybridized carbons (Fsp3) is 0.150. The highest BCUT2D eigenvalue weighted by atomic mass is 35.5. The Bertz CT molecular complexity index is 1270. The number of rotatable bonds is 6. The molecule has 1 N–H and O–H groups in total. The predicted octanol–water partition coefficient (Wildman–Crippen LogP) is 6.70. The molecule has 3 rings (SSSR count). The van der Waals surface area contributed by atoms with Gasteiger partial charge in [0.2, 0.25) is 0 Å². The van der Waals surface area contributed by atoms with Gasteiger partial charge in [0.1, 0.15) is 17.5 Å². The zero-order valence-electron chi connectivity index (χ0n) is 16.8. The summed E-state index contributed by atoms with van der Waals surface area (Å²) in [6.07, 6.45) is -4.82. The molecule has 1 heterocycles. The summed E-state index contributed by atoms with van der Waals surface area (Å²) in [6.45, 7) is -0.651. The molecule has 6 nitrogen and oxygen atoms in total. The van der Waals surface area contributed by atoms with E-state index < -0.39 is 73.7 Å². The maximum atomic E-state index is 13.2. The van der Waals surface area contributed by atoms with Crippen LogP contribution in [-0.2, 0) is 11.0 Å². The number of aromatic nitrogens is 2. The Hall–Kier alpha value is -3.08. The molecule has 1 amide bonds. The predicted molar refractivity (Wildman–Crippen MR) is 116 cm³/mol. The summed E-state index contributed by atoms with van der Waals surface area (Å²) in [6, 6.07) is 10.4. The fourth-order valence-corrected chi connectivity index (χ4v) is 4.02. The number of halogens is 8. The van der Waals surface area contributed by atoms with Crippen LogP contribution in [0.25, 0.3) is 5.69 Å². The highest BCUT2D eigenvalue weighted by molar-refractivity contribution is 8.00. The third kappa shape index (κ3) is 6.53. The Kier molecular flexibility index (Phi) is 7.78. The van der Waals surface area contributed by atoms with Crippen molar-refractivity contribution in [2.24, 2.45) is 0 Å². The van der Waals surface area contributed by atoms with Crippen LogP contribution in [0.15, 0.2) is 47.4 Å². The van der Waals surface area contributed by atoms with Gasteiger partial charge in [0.25, 0.3) is 5.91 Å². The van der Waals surface area contributed by atoms with Crippen LogP contribution in [-0.4, -0.2) is 27.8 Å². The second-order valence-electron chi connectivity index (χ2n) is 6.53. The molecule has 0 unspecified atom stereocenters. The van der Waals surface area contributed by atoms with E-state index in [-0.39, 0.29) is 5.75 Å². The zero-order chi connectivity index (χ0) is 26.0. The average molecular weight is 555 g/mol. The van der Waals surface area contributed by atoms with Crippen molar-refractivity contribution in [2.45, 2.75) is 16.6 Å². The summed E-state index contributed by atoms with van der Waals surface area (Å²) < 4.78 is 84.7. The third-order valence-corrected chi connectivity index (χ3v) is 5.49. The van der Waals surface area contributed by atoms with Crippen LogP contribution in [0.4, 0.5) is 32.2 Å². The molecule has 0 radical (unpaired) electrons. The van der Waals surface area contributed by atoms with E-state index in [9.17, 15) is 36.4 Å². The first-order chi connectivity index (χ1) is 16.3. The number of nitriles is 1. The van der Waals surface area contributed by atoms with Crippen LogP contribution in [0.1, 0.15) is 11.3 Å². The highest BCUT2D eigenvalue weighted by Gasteiger charge is 2.37. The molecule has 35 heavy (non-hydrogen) atoms. The number of amides is 1. The number of thioether (sulfide) groups is 1. The Balaban J connectivity index is 2.08. The monoisotopic (exact) mass is 554 g/mol. The van der Waals surface area contributed by atoms with Crippen LogP contribution < -0.4 is 10.1 Å². The number of para-hydroxylation sites is 1. The van der Waals surface area contributed by atoms with Gasteiger partial charge in [0.05, 0.1) is 20.5 Å². The molecule has 0 spiro atoms. The highest BCUT2D eigenvalue weighted by Crippen LogP contribution is 2.45. The van der Waals surface area contributed by atoms with Crippen molar-refractivity contribution in [1.82, 2.24) is 9.78 Å². The molecule has 0 aliphatic heterocycles. The molecular weight excluding hydrogens is 545 g/mol. The number of nitrogens with zero attached hydrogens (tertiary/aromatic N) is 3. The number of alkyl halides is 6. The molecule has 0 bridgehead atoms. The number of carbonyl (C=O) groups is 1. The van der Waals surface area contributed by atoms with Crippen molar-refractivity contribution in [3.8, 4) is 17.5 Å². The molecular formula is C20H10Cl2F6N4O2S.